The van der Waals surface area contributed by atoms with E-state index in [0.717, 1.165) is 42.9 Å². The zero-order valence-electron chi connectivity index (χ0n) is 8.82. The summed E-state index contributed by atoms with van der Waals surface area (Å²) in [5.74, 6) is 0. The highest BCUT2D eigenvalue weighted by Crippen LogP contribution is 2.31. The first-order valence-electron chi connectivity index (χ1n) is 5.05. The number of allylic oxidation sites excluding steroid dienone is 5. The molecule has 0 amide bonds. The molecule has 0 aromatic carbocycles. The second-order valence-corrected chi connectivity index (χ2v) is 3.81. The molecule has 0 N–H and O–H groups in total. The molecule has 0 spiro atoms. The second kappa shape index (κ2) is 4.69. The first-order chi connectivity index (χ1) is 6.95. The normalized spacial score (nSPS) is 19.3. The van der Waals surface area contributed by atoms with Gasteiger partial charge in [0, 0.05) is 0 Å². The highest BCUT2D eigenvalue weighted by atomic mass is 19.4. The lowest BCUT2D eigenvalue weighted by Gasteiger charge is -2.16. The summed E-state index contributed by atoms with van der Waals surface area (Å²) in [4.78, 5) is 0. The number of rotatable bonds is 2. The molecule has 3 heteroatoms. The molecule has 0 radical (unpaired) electrons. The van der Waals surface area contributed by atoms with Crippen LogP contribution in [0.1, 0.15) is 32.6 Å². The van der Waals surface area contributed by atoms with E-state index in [1.807, 2.05) is 6.92 Å². The zero-order chi connectivity index (χ0) is 11.5. The Kier molecular flexibility index (Phi) is 3.77. The quantitative estimate of drug-likeness (QED) is 0.594. The van der Waals surface area contributed by atoms with Gasteiger partial charge in [-0.25, -0.2) is 0 Å². The standard InChI is InChI=1S/C12H15F3/c1-3-11(12(13,14)15)8-10-7-5-4-6-9(10)2/h3,8H,1,4-7H2,2H3/b11-8+. The Morgan fingerprint density at radius 2 is 1.87 bits per heavy atom. The van der Waals surface area contributed by atoms with Gasteiger partial charge in [-0.3, -0.25) is 0 Å². The topological polar surface area (TPSA) is 0 Å². The molecule has 0 saturated heterocycles. The molecule has 0 unspecified atom stereocenters. The third-order valence-corrected chi connectivity index (χ3v) is 2.67. The molecule has 0 aromatic rings. The maximum Gasteiger partial charge on any atom is 0.416 e. The van der Waals surface area contributed by atoms with Crippen LogP contribution in [-0.2, 0) is 0 Å². The van der Waals surface area contributed by atoms with Crippen LogP contribution >= 0.6 is 0 Å². The fourth-order valence-electron chi connectivity index (χ4n) is 1.72. The lowest BCUT2D eigenvalue weighted by atomic mass is 9.91. The Morgan fingerprint density at radius 1 is 1.27 bits per heavy atom. The molecule has 0 heterocycles. The van der Waals surface area contributed by atoms with E-state index in [1.54, 1.807) is 0 Å². The van der Waals surface area contributed by atoms with Gasteiger partial charge < -0.3 is 0 Å². The Labute approximate surface area is 88.2 Å². The molecule has 84 valence electrons. The van der Waals surface area contributed by atoms with Gasteiger partial charge in [0.15, 0.2) is 0 Å². The highest BCUT2D eigenvalue weighted by Gasteiger charge is 2.31. The third-order valence-electron chi connectivity index (χ3n) is 2.67. The molecule has 0 saturated carbocycles. The molecule has 0 bridgehead atoms. The van der Waals surface area contributed by atoms with Gasteiger partial charge in [0.25, 0.3) is 0 Å². The summed E-state index contributed by atoms with van der Waals surface area (Å²) in [7, 11) is 0. The van der Waals surface area contributed by atoms with Gasteiger partial charge in [0.05, 0.1) is 5.57 Å². The predicted molar refractivity (Wildman–Crippen MR) is 55.5 cm³/mol. The number of hydrogen-bond acceptors (Lipinski definition) is 0. The van der Waals surface area contributed by atoms with Crippen molar-refractivity contribution in [3.05, 3.63) is 35.5 Å². The smallest absolute Gasteiger partial charge is 0.166 e. The van der Waals surface area contributed by atoms with Crippen LogP contribution in [-0.4, -0.2) is 6.18 Å². The van der Waals surface area contributed by atoms with Crippen molar-refractivity contribution in [1.82, 2.24) is 0 Å². The molecule has 15 heavy (non-hydrogen) atoms. The Bertz CT molecular complexity index is 305. The summed E-state index contributed by atoms with van der Waals surface area (Å²) in [6.07, 6.45) is 1.56. The zero-order valence-corrected chi connectivity index (χ0v) is 8.82. The van der Waals surface area contributed by atoms with Crippen molar-refractivity contribution in [2.24, 2.45) is 0 Å². The van der Waals surface area contributed by atoms with Gasteiger partial charge in [0.2, 0.25) is 0 Å². The van der Waals surface area contributed by atoms with Gasteiger partial charge in [0.1, 0.15) is 0 Å². The van der Waals surface area contributed by atoms with Gasteiger partial charge >= 0.3 is 6.18 Å². The summed E-state index contributed by atoms with van der Waals surface area (Å²) in [5, 5.41) is 0. The van der Waals surface area contributed by atoms with E-state index in [4.69, 9.17) is 0 Å². The molecule has 1 aliphatic carbocycles. The van der Waals surface area contributed by atoms with Gasteiger partial charge in [-0.2, -0.15) is 13.2 Å². The Balaban J connectivity index is 2.98. The lowest BCUT2D eigenvalue weighted by Crippen LogP contribution is -2.10. The predicted octanol–water partition coefficient (Wildman–Crippen LogP) is 4.55. The summed E-state index contributed by atoms with van der Waals surface area (Å²) in [5.41, 5.74) is 1.26. The second-order valence-electron chi connectivity index (χ2n) is 3.81. The average Bonchev–Trinajstić information content (AvgIpc) is 2.14. The van der Waals surface area contributed by atoms with Crippen molar-refractivity contribution in [2.75, 3.05) is 0 Å². The van der Waals surface area contributed by atoms with E-state index >= 15 is 0 Å². The molecule has 0 aliphatic heterocycles. The SMILES string of the molecule is C=C/C(=C\C1=C(C)CCCC1)C(F)(F)F. The van der Waals surface area contributed by atoms with E-state index in [2.05, 4.69) is 6.58 Å². The van der Waals surface area contributed by atoms with E-state index in [1.165, 1.54) is 6.08 Å². The van der Waals surface area contributed by atoms with Crippen molar-refractivity contribution in [3.63, 3.8) is 0 Å². The molecule has 0 aromatic heterocycles. The van der Waals surface area contributed by atoms with Crippen LogP contribution in [0, 0.1) is 0 Å². The van der Waals surface area contributed by atoms with Gasteiger partial charge in [-0.05, 0) is 44.3 Å². The maximum atomic E-state index is 12.4. The molecular weight excluding hydrogens is 201 g/mol. The highest BCUT2D eigenvalue weighted by molar-refractivity contribution is 5.35. The van der Waals surface area contributed by atoms with Crippen LogP contribution in [0.4, 0.5) is 13.2 Å². The largest absolute Gasteiger partial charge is 0.416 e. The summed E-state index contributed by atoms with van der Waals surface area (Å²) < 4.78 is 37.3. The first-order valence-corrected chi connectivity index (χ1v) is 5.05. The van der Waals surface area contributed by atoms with E-state index < -0.39 is 11.7 Å². The maximum absolute atomic E-state index is 12.4. The minimum Gasteiger partial charge on any atom is -0.166 e. The van der Waals surface area contributed by atoms with Gasteiger partial charge in [-0.1, -0.05) is 18.2 Å². The van der Waals surface area contributed by atoms with Crippen molar-refractivity contribution in [3.8, 4) is 0 Å². The monoisotopic (exact) mass is 216 g/mol. The Hall–Kier alpha value is -0.990. The minimum atomic E-state index is -4.29. The van der Waals surface area contributed by atoms with Crippen LogP contribution in [0.5, 0.6) is 0 Å². The molecule has 1 rings (SSSR count). The summed E-state index contributed by atoms with van der Waals surface area (Å²) >= 11 is 0. The van der Waals surface area contributed by atoms with E-state index in [9.17, 15) is 13.2 Å². The lowest BCUT2D eigenvalue weighted by molar-refractivity contribution is -0.0882. The van der Waals surface area contributed by atoms with Crippen molar-refractivity contribution >= 4 is 0 Å². The van der Waals surface area contributed by atoms with E-state index in [0.29, 0.717) is 0 Å². The summed E-state index contributed by atoms with van der Waals surface area (Å²) in [6.45, 7) is 5.11. The number of hydrogen-bond donors (Lipinski definition) is 0. The van der Waals surface area contributed by atoms with Crippen molar-refractivity contribution < 1.29 is 13.2 Å². The third kappa shape index (κ3) is 3.26. The molecule has 1 aliphatic rings. The fraction of sp³-hybridized carbons (Fsp3) is 0.500. The fourth-order valence-corrected chi connectivity index (χ4v) is 1.72. The van der Waals surface area contributed by atoms with Gasteiger partial charge in [-0.15, -0.1) is 0 Å². The first kappa shape index (κ1) is 12.1. The summed E-state index contributed by atoms with van der Waals surface area (Å²) in [6, 6.07) is 0. The van der Waals surface area contributed by atoms with E-state index in [-0.39, 0.29) is 0 Å². The molecular formula is C12H15F3. The molecule has 0 nitrogen and oxygen atoms in total. The minimum absolute atomic E-state index is 0.640. The van der Waals surface area contributed by atoms with Crippen molar-refractivity contribution in [1.29, 1.82) is 0 Å². The number of halogens is 3. The average molecular weight is 216 g/mol. The van der Waals surface area contributed by atoms with Crippen LogP contribution in [0.25, 0.3) is 0 Å². The number of alkyl halides is 3. The van der Waals surface area contributed by atoms with Crippen LogP contribution in [0.15, 0.2) is 35.5 Å². The van der Waals surface area contributed by atoms with Crippen LogP contribution < -0.4 is 0 Å². The Morgan fingerprint density at radius 3 is 2.33 bits per heavy atom. The van der Waals surface area contributed by atoms with Crippen LogP contribution in [0.3, 0.4) is 0 Å². The molecule has 0 fully saturated rings. The van der Waals surface area contributed by atoms with Crippen molar-refractivity contribution in [2.45, 2.75) is 38.8 Å². The molecule has 0 atom stereocenters. The van der Waals surface area contributed by atoms with Crippen LogP contribution in [0.2, 0.25) is 0 Å².